The molecule has 0 atom stereocenters. The third-order valence-corrected chi connectivity index (χ3v) is 6.71. The number of carbonyl (C=O) groups excluding carboxylic acids is 1. The number of amides is 1. The molecular weight excluding hydrogens is 416 g/mol. The van der Waals surface area contributed by atoms with Crippen molar-refractivity contribution in [2.75, 3.05) is 30.3 Å². The van der Waals surface area contributed by atoms with Crippen molar-refractivity contribution in [3.8, 4) is 11.8 Å². The first kappa shape index (κ1) is 20.7. The first-order valence-electron chi connectivity index (χ1n) is 9.60. The number of rotatable bonds is 1. The van der Waals surface area contributed by atoms with Crippen molar-refractivity contribution in [1.29, 1.82) is 0 Å². The fraction of sp³-hybridized carbons (Fsp3) is 0.286. The number of aromatic nitrogens is 4. The van der Waals surface area contributed by atoms with Crippen molar-refractivity contribution in [3.05, 3.63) is 52.7 Å². The van der Waals surface area contributed by atoms with Gasteiger partial charge < -0.3 is 10.6 Å². The Kier molecular flexibility index (Phi) is 5.29. The first-order chi connectivity index (χ1) is 14.7. The molecule has 2 N–H and O–H groups in total. The number of aryl methyl sites for hydroxylation is 2. The van der Waals surface area contributed by atoms with Gasteiger partial charge in [-0.2, -0.15) is 0 Å². The topological polar surface area (TPSA) is 132 Å². The Morgan fingerprint density at radius 2 is 1.77 bits per heavy atom. The fourth-order valence-electron chi connectivity index (χ4n) is 3.19. The van der Waals surface area contributed by atoms with Crippen LogP contribution in [0, 0.1) is 25.7 Å². The van der Waals surface area contributed by atoms with Crippen LogP contribution in [0.3, 0.4) is 0 Å². The SMILES string of the molecule is Cc1nc2cnc(N)c(C#Cc3cncc(C(=O)N4CCS(=O)(=O)CC4)c3)c2nc1C. The van der Waals surface area contributed by atoms with E-state index in [4.69, 9.17) is 5.73 Å². The number of fused-ring (bicyclic) bond motifs is 1. The molecule has 9 nitrogen and oxygen atoms in total. The standard InChI is InChI=1S/C21H20N6O3S/c1-13-14(2)26-19-17(20(22)24-12-18(19)25-13)4-3-15-9-16(11-23-10-15)21(28)27-5-7-31(29,30)8-6-27/h9-12H,5-8H2,1-2H3,(H2,22,24). The van der Waals surface area contributed by atoms with E-state index >= 15 is 0 Å². The van der Waals surface area contributed by atoms with Crippen molar-refractivity contribution in [1.82, 2.24) is 24.8 Å². The van der Waals surface area contributed by atoms with Crippen LogP contribution in [0.25, 0.3) is 11.0 Å². The zero-order chi connectivity index (χ0) is 22.2. The molecule has 0 aliphatic carbocycles. The van der Waals surface area contributed by atoms with E-state index in [-0.39, 0.29) is 36.3 Å². The summed E-state index contributed by atoms with van der Waals surface area (Å²) in [5.41, 5.74) is 10.1. The minimum atomic E-state index is -3.07. The van der Waals surface area contributed by atoms with Crippen molar-refractivity contribution in [3.63, 3.8) is 0 Å². The maximum atomic E-state index is 12.7. The molecule has 0 aromatic carbocycles. The van der Waals surface area contributed by atoms with Crippen LogP contribution in [0.2, 0.25) is 0 Å². The summed E-state index contributed by atoms with van der Waals surface area (Å²) in [7, 11) is -3.07. The van der Waals surface area contributed by atoms with E-state index in [0.717, 1.165) is 11.4 Å². The average Bonchev–Trinajstić information content (AvgIpc) is 2.74. The summed E-state index contributed by atoms with van der Waals surface area (Å²) in [4.78, 5) is 31.5. The predicted molar refractivity (Wildman–Crippen MR) is 116 cm³/mol. The zero-order valence-electron chi connectivity index (χ0n) is 17.1. The molecule has 4 heterocycles. The van der Waals surface area contributed by atoms with Crippen LogP contribution in [0.4, 0.5) is 5.82 Å². The lowest BCUT2D eigenvalue weighted by Crippen LogP contribution is -2.43. The van der Waals surface area contributed by atoms with Gasteiger partial charge in [0.25, 0.3) is 5.91 Å². The molecule has 0 radical (unpaired) electrons. The lowest BCUT2D eigenvalue weighted by molar-refractivity contribution is 0.0770. The van der Waals surface area contributed by atoms with E-state index in [2.05, 4.69) is 31.8 Å². The molecule has 1 saturated heterocycles. The van der Waals surface area contributed by atoms with Crippen LogP contribution in [-0.4, -0.2) is 63.8 Å². The van der Waals surface area contributed by atoms with Gasteiger partial charge in [0.1, 0.15) is 16.9 Å². The lowest BCUT2D eigenvalue weighted by atomic mass is 10.1. The molecule has 158 valence electrons. The van der Waals surface area contributed by atoms with Gasteiger partial charge in [-0.1, -0.05) is 11.8 Å². The molecule has 0 bridgehead atoms. The van der Waals surface area contributed by atoms with Crippen molar-refractivity contribution < 1.29 is 13.2 Å². The Morgan fingerprint density at radius 1 is 1.06 bits per heavy atom. The van der Waals surface area contributed by atoms with Gasteiger partial charge in [0.05, 0.1) is 40.2 Å². The number of anilines is 1. The largest absolute Gasteiger partial charge is 0.383 e. The molecule has 10 heteroatoms. The maximum absolute atomic E-state index is 12.7. The number of nitrogens with two attached hydrogens (primary N) is 1. The molecule has 0 unspecified atom stereocenters. The number of hydrogen-bond acceptors (Lipinski definition) is 8. The van der Waals surface area contributed by atoms with E-state index in [9.17, 15) is 13.2 Å². The van der Waals surface area contributed by atoms with Crippen LogP contribution >= 0.6 is 0 Å². The van der Waals surface area contributed by atoms with E-state index < -0.39 is 9.84 Å². The molecule has 1 fully saturated rings. The maximum Gasteiger partial charge on any atom is 0.255 e. The summed E-state index contributed by atoms with van der Waals surface area (Å²) in [6.45, 7) is 4.08. The highest BCUT2D eigenvalue weighted by Gasteiger charge is 2.25. The summed E-state index contributed by atoms with van der Waals surface area (Å²) in [6.07, 6.45) is 4.55. The van der Waals surface area contributed by atoms with E-state index in [1.54, 1.807) is 18.5 Å². The second kappa shape index (κ2) is 7.92. The summed E-state index contributed by atoms with van der Waals surface area (Å²) >= 11 is 0. The van der Waals surface area contributed by atoms with Gasteiger partial charge in [-0.15, -0.1) is 0 Å². The molecular formula is C21H20N6O3S. The van der Waals surface area contributed by atoms with Crippen LogP contribution in [-0.2, 0) is 9.84 Å². The summed E-state index contributed by atoms with van der Waals surface area (Å²) in [5.74, 6) is 5.88. The van der Waals surface area contributed by atoms with Gasteiger partial charge >= 0.3 is 0 Å². The number of sulfone groups is 1. The second-order valence-corrected chi connectivity index (χ2v) is 9.61. The quantitative estimate of drug-likeness (QED) is 0.556. The molecule has 1 aliphatic rings. The number of nitrogens with zero attached hydrogens (tertiary/aromatic N) is 5. The Labute approximate surface area is 179 Å². The summed E-state index contributed by atoms with van der Waals surface area (Å²) in [6, 6.07) is 1.63. The van der Waals surface area contributed by atoms with Gasteiger partial charge in [-0.3, -0.25) is 9.78 Å². The van der Waals surface area contributed by atoms with Gasteiger partial charge in [0.15, 0.2) is 9.84 Å². The Hall–Kier alpha value is -3.58. The van der Waals surface area contributed by atoms with Crippen molar-refractivity contribution >= 4 is 32.6 Å². The highest BCUT2D eigenvalue weighted by molar-refractivity contribution is 7.91. The highest BCUT2D eigenvalue weighted by atomic mass is 32.2. The first-order valence-corrected chi connectivity index (χ1v) is 11.4. The van der Waals surface area contributed by atoms with Crippen LogP contribution in [0.5, 0.6) is 0 Å². The summed E-state index contributed by atoms with van der Waals surface area (Å²) < 4.78 is 23.2. The van der Waals surface area contributed by atoms with Crippen molar-refractivity contribution in [2.24, 2.45) is 0 Å². The molecule has 0 spiro atoms. The Bertz CT molecular complexity index is 1360. The predicted octanol–water partition coefficient (Wildman–Crippen LogP) is 0.889. The zero-order valence-corrected chi connectivity index (χ0v) is 17.9. The summed E-state index contributed by atoms with van der Waals surface area (Å²) in [5, 5.41) is 0. The Balaban J connectivity index is 1.65. The van der Waals surface area contributed by atoms with Gasteiger partial charge in [0.2, 0.25) is 0 Å². The molecule has 3 aromatic heterocycles. The number of hydrogen-bond donors (Lipinski definition) is 1. The number of pyridine rings is 2. The molecule has 0 saturated carbocycles. The van der Waals surface area contributed by atoms with Crippen molar-refractivity contribution in [2.45, 2.75) is 13.8 Å². The molecule has 1 amide bonds. The molecule has 1 aliphatic heterocycles. The third-order valence-electron chi connectivity index (χ3n) is 5.10. The highest BCUT2D eigenvalue weighted by Crippen LogP contribution is 2.20. The minimum absolute atomic E-state index is 0.0288. The molecule has 4 rings (SSSR count). The van der Waals surface area contributed by atoms with Gasteiger partial charge in [-0.05, 0) is 19.9 Å². The normalized spacial score (nSPS) is 15.4. The molecule has 3 aromatic rings. The monoisotopic (exact) mass is 436 g/mol. The van der Waals surface area contributed by atoms with Crippen LogP contribution in [0.15, 0.2) is 24.7 Å². The third kappa shape index (κ3) is 4.32. The van der Waals surface area contributed by atoms with Gasteiger partial charge in [-0.25, -0.2) is 23.4 Å². The smallest absolute Gasteiger partial charge is 0.255 e. The van der Waals surface area contributed by atoms with E-state index in [0.29, 0.717) is 27.7 Å². The number of nitrogen functional groups attached to an aromatic ring is 1. The van der Waals surface area contributed by atoms with Gasteiger partial charge in [0, 0.05) is 31.0 Å². The molecule has 31 heavy (non-hydrogen) atoms. The Morgan fingerprint density at radius 3 is 2.52 bits per heavy atom. The second-order valence-electron chi connectivity index (χ2n) is 7.30. The van der Waals surface area contributed by atoms with Crippen LogP contribution in [0.1, 0.15) is 32.9 Å². The van der Waals surface area contributed by atoms with Crippen LogP contribution < -0.4 is 5.73 Å². The minimum Gasteiger partial charge on any atom is -0.383 e. The number of carbonyl (C=O) groups is 1. The van der Waals surface area contributed by atoms with E-state index in [1.807, 2.05) is 13.8 Å². The fourth-order valence-corrected chi connectivity index (χ4v) is 4.39. The average molecular weight is 436 g/mol. The lowest BCUT2D eigenvalue weighted by Gasteiger charge is -2.26. The van der Waals surface area contributed by atoms with E-state index in [1.165, 1.54) is 11.1 Å².